The molecule has 0 saturated carbocycles. The van der Waals surface area contributed by atoms with Gasteiger partial charge in [0, 0.05) is 19.8 Å². The van der Waals surface area contributed by atoms with Crippen molar-refractivity contribution in [3.8, 4) is 5.75 Å². The second-order valence-electron chi connectivity index (χ2n) is 7.02. The molecule has 0 spiro atoms. The van der Waals surface area contributed by atoms with Gasteiger partial charge >= 0.3 is 14.8 Å². The highest BCUT2D eigenvalue weighted by Crippen LogP contribution is 2.27. The number of cyclic esters (lactones) is 1. The highest BCUT2D eigenvalue weighted by atomic mass is 28.4. The van der Waals surface area contributed by atoms with E-state index in [0.717, 1.165) is 43.7 Å². The summed E-state index contributed by atoms with van der Waals surface area (Å²) >= 11 is 0. The molecule has 6 nitrogen and oxygen atoms in total. The normalized spacial score (nSPS) is 18.8. The molecule has 1 aliphatic rings. The van der Waals surface area contributed by atoms with Gasteiger partial charge in [0.2, 0.25) is 0 Å². The van der Waals surface area contributed by atoms with Crippen LogP contribution in [0.4, 0.5) is 0 Å². The number of rotatable bonds is 7. The van der Waals surface area contributed by atoms with Crippen molar-refractivity contribution in [2.24, 2.45) is 0 Å². The lowest BCUT2D eigenvalue weighted by molar-refractivity contribution is 0.0492. The van der Waals surface area contributed by atoms with E-state index < -0.39 is 8.80 Å². The molecule has 0 fully saturated rings. The van der Waals surface area contributed by atoms with Gasteiger partial charge in [0.1, 0.15) is 11.3 Å². The third-order valence-electron chi connectivity index (χ3n) is 4.82. The van der Waals surface area contributed by atoms with E-state index in [1.54, 1.807) is 6.07 Å². The molecule has 1 aromatic carbocycles. The molecule has 0 saturated heterocycles. The Hall–Kier alpha value is -1.67. The number of fused-ring (bicyclic) bond motifs is 1. The molecule has 0 bridgehead atoms. The van der Waals surface area contributed by atoms with Crippen LogP contribution in [0, 0.1) is 0 Å². The van der Waals surface area contributed by atoms with E-state index in [4.69, 9.17) is 22.8 Å². The minimum Gasteiger partial charge on any atom is -0.493 e. The Morgan fingerprint density at radius 3 is 2.20 bits per heavy atom. The Morgan fingerprint density at radius 2 is 1.50 bits per heavy atom. The minimum absolute atomic E-state index is 0.335. The average molecular weight is 437 g/mol. The molecule has 1 heterocycles. The topological polar surface area (TPSA) is 63.2 Å². The van der Waals surface area contributed by atoms with Crippen LogP contribution >= 0.6 is 0 Å². The summed E-state index contributed by atoms with van der Waals surface area (Å²) in [4.78, 5) is 12.5. The van der Waals surface area contributed by atoms with Crippen molar-refractivity contribution >= 4 is 14.8 Å². The molecule has 0 radical (unpaired) electrons. The number of esters is 1. The quantitative estimate of drug-likeness (QED) is 0.438. The van der Waals surface area contributed by atoms with Crippen LogP contribution in [-0.2, 0) is 18.0 Å². The zero-order valence-corrected chi connectivity index (χ0v) is 19.6. The monoisotopic (exact) mass is 436 g/mol. The number of carbonyl (C=O) groups excluding carboxylic acids is 1. The number of hydrogen-bond acceptors (Lipinski definition) is 6. The molecule has 0 N–H and O–H groups in total. The van der Waals surface area contributed by atoms with Crippen LogP contribution in [0.2, 0.25) is 0 Å². The first-order valence-corrected chi connectivity index (χ1v) is 12.9. The maximum absolute atomic E-state index is 12.5. The van der Waals surface area contributed by atoms with Crippen molar-refractivity contribution in [2.75, 3.05) is 33.0 Å². The lowest BCUT2D eigenvalue weighted by Gasteiger charge is -2.31. The maximum Gasteiger partial charge on any atom is 0.532 e. The summed E-state index contributed by atoms with van der Waals surface area (Å²) in [5.74, 6) is 0.252. The predicted octanol–water partition coefficient (Wildman–Crippen LogP) is 5.09. The van der Waals surface area contributed by atoms with Crippen molar-refractivity contribution < 1.29 is 27.5 Å². The molecule has 168 valence electrons. The molecule has 1 aliphatic heterocycles. The van der Waals surface area contributed by atoms with Gasteiger partial charge in [-0.1, -0.05) is 18.2 Å². The van der Waals surface area contributed by atoms with E-state index in [-0.39, 0.29) is 5.97 Å². The molecule has 0 aliphatic carbocycles. The van der Waals surface area contributed by atoms with Crippen molar-refractivity contribution in [1.82, 2.24) is 0 Å². The summed E-state index contributed by atoms with van der Waals surface area (Å²) < 4.78 is 29.7. The summed E-state index contributed by atoms with van der Waals surface area (Å²) in [6.07, 6.45) is 7.48. The SMILES string of the molecule is CCO[Si](OCC)(OCC)/C1=C/CCCCOc2ccccc2C(=O)OCCCC1. The number of para-hydroxylation sites is 1. The molecule has 30 heavy (non-hydrogen) atoms. The molecular weight excluding hydrogens is 400 g/mol. The first-order chi connectivity index (χ1) is 14.7. The minimum atomic E-state index is -2.89. The number of carbonyl (C=O) groups is 1. The van der Waals surface area contributed by atoms with E-state index in [9.17, 15) is 4.79 Å². The van der Waals surface area contributed by atoms with Crippen molar-refractivity contribution in [2.45, 2.75) is 59.3 Å². The van der Waals surface area contributed by atoms with Crippen LogP contribution in [0.1, 0.15) is 69.7 Å². The Bertz CT molecular complexity index is 658. The van der Waals surface area contributed by atoms with E-state index in [1.807, 2.05) is 39.0 Å². The molecule has 0 aromatic heterocycles. The number of ether oxygens (including phenoxy) is 2. The van der Waals surface area contributed by atoms with E-state index in [1.165, 1.54) is 0 Å². The molecule has 0 amide bonds. The van der Waals surface area contributed by atoms with Gasteiger partial charge in [0.15, 0.2) is 0 Å². The largest absolute Gasteiger partial charge is 0.532 e. The third-order valence-corrected chi connectivity index (χ3v) is 8.07. The van der Waals surface area contributed by atoms with Gasteiger partial charge in [-0.05, 0) is 76.6 Å². The molecule has 2 rings (SSSR count). The zero-order chi connectivity index (χ0) is 21.7. The van der Waals surface area contributed by atoms with Crippen LogP contribution in [0.3, 0.4) is 0 Å². The molecule has 7 heteroatoms. The molecule has 0 atom stereocenters. The third kappa shape index (κ3) is 7.23. The Kier molecular flexibility index (Phi) is 11.1. The van der Waals surface area contributed by atoms with E-state index in [0.29, 0.717) is 44.3 Å². The fourth-order valence-electron chi connectivity index (χ4n) is 3.48. The molecule has 0 unspecified atom stereocenters. The van der Waals surface area contributed by atoms with Gasteiger partial charge in [-0.2, -0.15) is 0 Å². The Labute approximate surface area is 181 Å². The van der Waals surface area contributed by atoms with E-state index >= 15 is 0 Å². The fourth-order valence-corrected chi connectivity index (χ4v) is 6.30. The van der Waals surface area contributed by atoms with Crippen LogP contribution in [0.25, 0.3) is 0 Å². The smallest absolute Gasteiger partial charge is 0.493 e. The first-order valence-electron chi connectivity index (χ1n) is 11.2. The number of hydrogen-bond donors (Lipinski definition) is 0. The van der Waals surface area contributed by atoms with Crippen molar-refractivity contribution in [3.05, 3.63) is 41.1 Å². The molecular formula is C23H36O6Si. The van der Waals surface area contributed by atoms with Crippen LogP contribution in [0.15, 0.2) is 35.5 Å². The summed E-state index contributed by atoms with van der Waals surface area (Å²) in [6, 6.07) is 7.27. The summed E-state index contributed by atoms with van der Waals surface area (Å²) in [5.41, 5.74) is 0.488. The van der Waals surface area contributed by atoms with Crippen LogP contribution < -0.4 is 4.74 Å². The standard InChI is InChI=1S/C23H36O6Si/c1-4-27-30(28-5-2,29-6-3)20-14-8-7-12-18-25-22-17-10-9-16-21(22)23(24)26-19-13-11-15-20/h9-10,14,16-17H,4-8,11-13,15,18-19H2,1-3H3/b20-14+. The zero-order valence-electron chi connectivity index (χ0n) is 18.6. The van der Waals surface area contributed by atoms with Crippen LogP contribution in [0.5, 0.6) is 5.75 Å². The summed E-state index contributed by atoms with van der Waals surface area (Å²) in [5, 5.41) is 1.14. The lowest BCUT2D eigenvalue weighted by Crippen LogP contribution is -2.48. The summed E-state index contributed by atoms with van der Waals surface area (Å²) in [6.45, 7) is 8.49. The van der Waals surface area contributed by atoms with Gasteiger partial charge in [0.25, 0.3) is 0 Å². The van der Waals surface area contributed by atoms with Gasteiger partial charge in [-0.25, -0.2) is 4.79 Å². The van der Waals surface area contributed by atoms with Gasteiger partial charge in [-0.15, -0.1) is 0 Å². The van der Waals surface area contributed by atoms with Gasteiger partial charge in [0.05, 0.1) is 13.2 Å². The van der Waals surface area contributed by atoms with E-state index in [2.05, 4.69) is 6.08 Å². The highest BCUT2D eigenvalue weighted by Gasteiger charge is 2.44. The van der Waals surface area contributed by atoms with Crippen LogP contribution in [-0.4, -0.2) is 47.8 Å². The first kappa shape index (κ1) is 24.6. The summed E-state index contributed by atoms with van der Waals surface area (Å²) in [7, 11) is -2.89. The second kappa shape index (κ2) is 13.6. The highest BCUT2D eigenvalue weighted by molar-refractivity contribution is 6.68. The van der Waals surface area contributed by atoms with Gasteiger partial charge < -0.3 is 22.8 Å². The predicted molar refractivity (Wildman–Crippen MR) is 119 cm³/mol. The lowest BCUT2D eigenvalue weighted by atomic mass is 10.2. The average Bonchev–Trinajstić information content (AvgIpc) is 2.75. The second-order valence-corrected chi connectivity index (χ2v) is 9.64. The Morgan fingerprint density at radius 1 is 0.867 bits per heavy atom. The molecule has 1 aromatic rings. The van der Waals surface area contributed by atoms with Crippen molar-refractivity contribution in [1.29, 1.82) is 0 Å². The van der Waals surface area contributed by atoms with Crippen molar-refractivity contribution in [3.63, 3.8) is 0 Å². The number of benzene rings is 1. The number of allylic oxidation sites excluding steroid dienone is 2. The Balaban J connectivity index is 2.15. The fraction of sp³-hybridized carbons (Fsp3) is 0.609. The van der Waals surface area contributed by atoms with Gasteiger partial charge in [-0.3, -0.25) is 0 Å². The maximum atomic E-state index is 12.5.